The van der Waals surface area contributed by atoms with Gasteiger partial charge in [0.2, 0.25) is 0 Å². The van der Waals surface area contributed by atoms with Gasteiger partial charge in [-0.2, -0.15) is 0 Å². The first-order valence-corrected chi connectivity index (χ1v) is 12.7. The molecule has 2 heterocycles. The normalized spacial score (nSPS) is 10.7. The lowest BCUT2D eigenvalue weighted by Crippen LogP contribution is -2.16. The first-order valence-electron chi connectivity index (χ1n) is 11.5. The smallest absolute Gasteiger partial charge is 0.341 e. The number of carbonyl (C=O) groups is 3. The van der Waals surface area contributed by atoms with Crippen LogP contribution in [0.2, 0.25) is 5.02 Å². The third kappa shape index (κ3) is 5.27. The van der Waals surface area contributed by atoms with Gasteiger partial charge in [0, 0.05) is 5.56 Å². The van der Waals surface area contributed by atoms with E-state index in [0.717, 1.165) is 11.3 Å². The third-order valence-corrected chi connectivity index (χ3v) is 7.17. The Bertz CT molecular complexity index is 1530. The van der Waals surface area contributed by atoms with E-state index in [1.54, 1.807) is 69.3 Å². The second kappa shape index (κ2) is 11.5. The van der Waals surface area contributed by atoms with Crippen molar-refractivity contribution in [1.82, 2.24) is 5.16 Å². The van der Waals surface area contributed by atoms with Gasteiger partial charge in [-0.25, -0.2) is 4.79 Å². The van der Waals surface area contributed by atoms with E-state index in [4.69, 9.17) is 25.6 Å². The van der Waals surface area contributed by atoms with Gasteiger partial charge in [0.1, 0.15) is 27.8 Å². The summed E-state index contributed by atoms with van der Waals surface area (Å²) in [6.45, 7) is 5.00. The average molecular weight is 554 g/mol. The monoisotopic (exact) mass is 553 g/mol. The number of aryl methyl sites for hydroxylation is 1. The second-order valence-corrected chi connectivity index (χ2v) is 9.46. The quantitative estimate of drug-likeness (QED) is 0.243. The summed E-state index contributed by atoms with van der Waals surface area (Å²) in [5.41, 5.74) is 1.83. The molecule has 0 bridgehead atoms. The van der Waals surface area contributed by atoms with Crippen molar-refractivity contribution in [2.45, 2.75) is 20.8 Å². The Labute approximate surface area is 227 Å². The number of nitrogens with one attached hydrogen (secondary N) is 2. The molecule has 0 aliphatic heterocycles. The minimum absolute atomic E-state index is 0.0868. The molecule has 9 nitrogen and oxygen atoms in total. The molecule has 2 amide bonds. The first-order chi connectivity index (χ1) is 18.3. The van der Waals surface area contributed by atoms with Crippen molar-refractivity contribution in [2.75, 3.05) is 24.4 Å². The van der Waals surface area contributed by atoms with E-state index in [2.05, 4.69) is 15.8 Å². The Morgan fingerprint density at radius 1 is 1.00 bits per heavy atom. The Hall–Kier alpha value is -4.15. The number of thiophene rings is 1. The van der Waals surface area contributed by atoms with Gasteiger partial charge in [-0.05, 0) is 44.5 Å². The summed E-state index contributed by atoms with van der Waals surface area (Å²) < 4.78 is 15.8. The van der Waals surface area contributed by atoms with Crippen molar-refractivity contribution in [3.63, 3.8) is 0 Å². The van der Waals surface area contributed by atoms with E-state index in [0.29, 0.717) is 27.6 Å². The second-order valence-electron chi connectivity index (χ2n) is 8.03. The van der Waals surface area contributed by atoms with E-state index in [-0.39, 0.29) is 39.1 Å². The summed E-state index contributed by atoms with van der Waals surface area (Å²) in [5, 5.41) is 10.1. The Morgan fingerprint density at radius 2 is 1.71 bits per heavy atom. The van der Waals surface area contributed by atoms with E-state index in [1.165, 1.54) is 7.11 Å². The van der Waals surface area contributed by atoms with Gasteiger partial charge >= 0.3 is 5.97 Å². The number of esters is 1. The molecular formula is C27H24ClN3O6S. The molecule has 0 radical (unpaired) electrons. The zero-order chi connectivity index (χ0) is 27.4. The van der Waals surface area contributed by atoms with Crippen molar-refractivity contribution in [1.29, 1.82) is 0 Å². The Morgan fingerprint density at radius 3 is 2.42 bits per heavy atom. The topological polar surface area (TPSA) is 120 Å². The molecule has 0 atom stereocenters. The van der Waals surface area contributed by atoms with Gasteiger partial charge in [-0.15, -0.1) is 11.3 Å². The molecule has 38 heavy (non-hydrogen) atoms. The van der Waals surface area contributed by atoms with Gasteiger partial charge < -0.3 is 24.6 Å². The molecule has 11 heteroatoms. The standard InChI is InChI=1S/C27H24ClN3O6S/c1-5-36-27(34)20-14(2)23(25(33)29-18-12-8-9-13-19(18)35-4)38-26(20)30-24(32)21-15(3)37-31-22(21)16-10-6-7-11-17(16)28/h6-13H,5H2,1-4H3,(H,29,33)(H,30,32). The molecule has 0 aliphatic rings. The fraction of sp³-hybridized carbons (Fsp3) is 0.185. The predicted octanol–water partition coefficient (Wildman–Crippen LogP) is 6.36. The molecule has 2 N–H and O–H groups in total. The number of methoxy groups -OCH3 is 1. The molecule has 4 rings (SSSR count). The molecule has 0 saturated heterocycles. The third-order valence-electron chi connectivity index (χ3n) is 5.63. The van der Waals surface area contributed by atoms with E-state index in [1.807, 2.05) is 0 Å². The highest BCUT2D eigenvalue weighted by atomic mass is 35.5. The summed E-state index contributed by atoms with van der Waals surface area (Å²) in [4.78, 5) is 39.8. The molecule has 0 saturated carbocycles. The minimum atomic E-state index is -0.666. The molecule has 196 valence electrons. The van der Waals surface area contributed by atoms with Crippen molar-refractivity contribution >= 4 is 51.4 Å². The maximum absolute atomic E-state index is 13.5. The predicted molar refractivity (Wildman–Crippen MR) is 146 cm³/mol. The molecule has 0 fully saturated rings. The van der Waals surface area contributed by atoms with Gasteiger partial charge in [0.15, 0.2) is 0 Å². The Kier molecular flexibility index (Phi) is 8.13. The molecular weight excluding hydrogens is 530 g/mol. The molecule has 4 aromatic rings. The lowest BCUT2D eigenvalue weighted by atomic mass is 10.1. The van der Waals surface area contributed by atoms with Crippen LogP contribution in [0.4, 0.5) is 10.7 Å². The van der Waals surface area contributed by atoms with Crippen LogP contribution < -0.4 is 15.4 Å². The number of anilines is 2. The number of ether oxygens (including phenoxy) is 2. The van der Waals surface area contributed by atoms with Gasteiger partial charge in [-0.3, -0.25) is 9.59 Å². The van der Waals surface area contributed by atoms with Crippen LogP contribution in [0.3, 0.4) is 0 Å². The van der Waals surface area contributed by atoms with Gasteiger partial charge in [0.25, 0.3) is 11.8 Å². The number of hydrogen-bond acceptors (Lipinski definition) is 8. The van der Waals surface area contributed by atoms with E-state index < -0.39 is 17.8 Å². The highest BCUT2D eigenvalue weighted by Gasteiger charge is 2.29. The SMILES string of the molecule is CCOC(=O)c1c(NC(=O)c2c(-c3ccccc3Cl)noc2C)sc(C(=O)Nc2ccccc2OC)c1C. The van der Waals surface area contributed by atoms with Crippen LogP contribution in [-0.2, 0) is 4.74 Å². The number of nitrogens with zero attached hydrogens (tertiary/aromatic N) is 1. The number of hydrogen-bond donors (Lipinski definition) is 2. The maximum atomic E-state index is 13.5. The first kappa shape index (κ1) is 26.9. The summed E-state index contributed by atoms with van der Waals surface area (Å²) in [5.74, 6) is -0.980. The van der Waals surface area contributed by atoms with Crippen LogP contribution >= 0.6 is 22.9 Å². The summed E-state index contributed by atoms with van der Waals surface area (Å²) >= 11 is 7.28. The van der Waals surface area contributed by atoms with Crippen molar-refractivity contribution < 1.29 is 28.4 Å². The van der Waals surface area contributed by atoms with Crippen LogP contribution in [0.5, 0.6) is 5.75 Å². The van der Waals surface area contributed by atoms with Gasteiger partial charge in [0.05, 0.1) is 34.9 Å². The summed E-state index contributed by atoms with van der Waals surface area (Å²) in [7, 11) is 1.50. The minimum Gasteiger partial charge on any atom is -0.495 e. The number of aromatic nitrogens is 1. The highest BCUT2D eigenvalue weighted by molar-refractivity contribution is 7.19. The van der Waals surface area contributed by atoms with Crippen molar-refractivity contribution in [3.8, 4) is 17.0 Å². The molecule has 0 spiro atoms. The van der Waals surface area contributed by atoms with Crippen LogP contribution in [0.25, 0.3) is 11.3 Å². The lowest BCUT2D eigenvalue weighted by Gasteiger charge is -2.09. The lowest BCUT2D eigenvalue weighted by molar-refractivity contribution is 0.0527. The van der Waals surface area contributed by atoms with Crippen molar-refractivity contribution in [2.24, 2.45) is 0 Å². The molecule has 0 unspecified atom stereocenters. The highest BCUT2D eigenvalue weighted by Crippen LogP contribution is 2.37. The molecule has 2 aromatic heterocycles. The summed E-state index contributed by atoms with van der Waals surface area (Å²) in [6, 6.07) is 13.9. The average Bonchev–Trinajstić information content (AvgIpc) is 3.44. The maximum Gasteiger partial charge on any atom is 0.341 e. The van der Waals surface area contributed by atoms with Gasteiger partial charge in [-0.1, -0.05) is 47.1 Å². The zero-order valence-corrected chi connectivity index (χ0v) is 22.6. The number of benzene rings is 2. The van der Waals surface area contributed by atoms with Crippen molar-refractivity contribution in [3.05, 3.63) is 80.9 Å². The van der Waals surface area contributed by atoms with Crippen LogP contribution in [0.15, 0.2) is 53.1 Å². The van der Waals surface area contributed by atoms with E-state index >= 15 is 0 Å². The zero-order valence-electron chi connectivity index (χ0n) is 21.0. The largest absolute Gasteiger partial charge is 0.495 e. The van der Waals surface area contributed by atoms with E-state index in [9.17, 15) is 14.4 Å². The number of halogens is 1. The van der Waals surface area contributed by atoms with Crippen LogP contribution in [0, 0.1) is 13.8 Å². The number of carbonyl (C=O) groups excluding carboxylic acids is 3. The van der Waals surface area contributed by atoms with Crippen LogP contribution in [-0.4, -0.2) is 36.7 Å². The van der Waals surface area contributed by atoms with Crippen LogP contribution in [0.1, 0.15) is 48.6 Å². The fourth-order valence-electron chi connectivity index (χ4n) is 3.84. The fourth-order valence-corrected chi connectivity index (χ4v) is 5.15. The number of para-hydroxylation sites is 2. The Balaban J connectivity index is 1.72. The number of rotatable bonds is 8. The number of amides is 2. The molecule has 0 aliphatic carbocycles. The summed E-state index contributed by atoms with van der Waals surface area (Å²) in [6.07, 6.45) is 0. The molecule has 2 aromatic carbocycles.